The Bertz CT molecular complexity index is 827. The molecule has 2 aromatic heterocycles. The van der Waals surface area contributed by atoms with Gasteiger partial charge in [-0.2, -0.15) is 10.4 Å². The Hall–Kier alpha value is -2.87. The highest BCUT2D eigenvalue weighted by atomic mass is 15.3. The maximum atomic E-state index is 9.42. The number of rotatable bonds is 3. The molecule has 0 aliphatic carbocycles. The number of imidazole rings is 1. The predicted octanol–water partition coefficient (Wildman–Crippen LogP) is 3.15. The van der Waals surface area contributed by atoms with Crippen LogP contribution in [-0.2, 0) is 6.54 Å². The first-order valence-corrected chi connectivity index (χ1v) is 6.82. The summed E-state index contributed by atoms with van der Waals surface area (Å²) in [7, 11) is 0. The van der Waals surface area contributed by atoms with E-state index in [9.17, 15) is 5.26 Å². The standard InChI is InChI=1S/C16H15N5/c1-3-21-11(2)13(10-18-21)8-12(9-17)16-19-14-6-4-5-7-15(14)20-16/h4-8,10H,3H2,1-2H3,(H,19,20)/b12-8-. The van der Waals surface area contributed by atoms with Crippen LogP contribution in [0, 0.1) is 18.3 Å². The van der Waals surface area contributed by atoms with Crippen LogP contribution in [0.2, 0.25) is 0 Å². The third kappa shape index (κ3) is 2.32. The fraction of sp³-hybridized carbons (Fsp3) is 0.188. The molecule has 1 N–H and O–H groups in total. The van der Waals surface area contributed by atoms with E-state index in [1.54, 1.807) is 6.20 Å². The van der Waals surface area contributed by atoms with Gasteiger partial charge in [-0.05, 0) is 32.1 Å². The van der Waals surface area contributed by atoms with Gasteiger partial charge < -0.3 is 4.98 Å². The lowest BCUT2D eigenvalue weighted by molar-refractivity contribution is 0.639. The van der Waals surface area contributed by atoms with Gasteiger partial charge in [-0.1, -0.05) is 12.1 Å². The van der Waals surface area contributed by atoms with E-state index in [0.29, 0.717) is 11.4 Å². The van der Waals surface area contributed by atoms with Crippen molar-refractivity contribution < 1.29 is 0 Å². The van der Waals surface area contributed by atoms with Crippen molar-refractivity contribution >= 4 is 22.7 Å². The maximum Gasteiger partial charge on any atom is 0.149 e. The summed E-state index contributed by atoms with van der Waals surface area (Å²) in [6.45, 7) is 4.85. The molecule has 5 heteroatoms. The molecule has 1 aromatic carbocycles. The quantitative estimate of drug-likeness (QED) is 0.747. The van der Waals surface area contributed by atoms with E-state index in [-0.39, 0.29) is 0 Å². The monoisotopic (exact) mass is 277 g/mol. The number of allylic oxidation sites excluding steroid dienone is 1. The lowest BCUT2D eigenvalue weighted by Gasteiger charge is -1.99. The van der Waals surface area contributed by atoms with Crippen molar-refractivity contribution in [3.05, 3.63) is 47.5 Å². The summed E-state index contributed by atoms with van der Waals surface area (Å²) in [4.78, 5) is 7.64. The van der Waals surface area contributed by atoms with Gasteiger partial charge in [0.25, 0.3) is 0 Å². The minimum atomic E-state index is 0.505. The maximum absolute atomic E-state index is 9.42. The van der Waals surface area contributed by atoms with Crippen LogP contribution in [0.4, 0.5) is 0 Å². The van der Waals surface area contributed by atoms with Gasteiger partial charge in [0.15, 0.2) is 0 Å². The largest absolute Gasteiger partial charge is 0.337 e. The number of hydrogen-bond donors (Lipinski definition) is 1. The minimum Gasteiger partial charge on any atom is -0.337 e. The molecule has 5 nitrogen and oxygen atoms in total. The first-order valence-electron chi connectivity index (χ1n) is 6.82. The number of fused-ring (bicyclic) bond motifs is 1. The molecule has 21 heavy (non-hydrogen) atoms. The molecule has 0 atom stereocenters. The fourth-order valence-electron chi connectivity index (χ4n) is 2.31. The van der Waals surface area contributed by atoms with Crippen LogP contribution in [0.3, 0.4) is 0 Å². The van der Waals surface area contributed by atoms with Crippen molar-refractivity contribution in [2.75, 3.05) is 0 Å². The number of hydrogen-bond acceptors (Lipinski definition) is 3. The van der Waals surface area contributed by atoms with Crippen LogP contribution in [0.25, 0.3) is 22.7 Å². The summed E-state index contributed by atoms with van der Waals surface area (Å²) in [5, 5.41) is 13.7. The zero-order chi connectivity index (χ0) is 14.8. The van der Waals surface area contributed by atoms with Gasteiger partial charge in [-0.15, -0.1) is 0 Å². The highest BCUT2D eigenvalue weighted by Gasteiger charge is 2.10. The van der Waals surface area contributed by atoms with Crippen LogP contribution < -0.4 is 0 Å². The topological polar surface area (TPSA) is 70.3 Å². The Morgan fingerprint density at radius 3 is 2.90 bits per heavy atom. The number of aromatic nitrogens is 4. The Morgan fingerprint density at radius 1 is 1.43 bits per heavy atom. The number of para-hydroxylation sites is 2. The number of aryl methyl sites for hydroxylation is 1. The van der Waals surface area contributed by atoms with Gasteiger partial charge in [-0.25, -0.2) is 4.98 Å². The molecule has 104 valence electrons. The molecule has 0 spiro atoms. The SMILES string of the molecule is CCn1ncc(/C=C(/C#N)c2nc3ccccc3[nH]2)c1C. The van der Waals surface area contributed by atoms with E-state index in [4.69, 9.17) is 0 Å². The third-order valence-corrected chi connectivity index (χ3v) is 3.51. The average Bonchev–Trinajstić information content (AvgIpc) is 3.08. The molecule has 0 aliphatic heterocycles. The molecule has 0 fully saturated rings. The molecule has 0 radical (unpaired) electrons. The molecule has 0 amide bonds. The predicted molar refractivity (Wildman–Crippen MR) is 82.2 cm³/mol. The van der Waals surface area contributed by atoms with Crippen LogP contribution in [0.5, 0.6) is 0 Å². The molecular formula is C16H15N5. The van der Waals surface area contributed by atoms with E-state index >= 15 is 0 Å². The number of benzene rings is 1. The zero-order valence-corrected chi connectivity index (χ0v) is 12.0. The summed E-state index contributed by atoms with van der Waals surface area (Å²) in [6.07, 6.45) is 3.60. The van der Waals surface area contributed by atoms with Crippen molar-refractivity contribution in [1.29, 1.82) is 5.26 Å². The van der Waals surface area contributed by atoms with E-state index in [1.807, 2.05) is 48.9 Å². The van der Waals surface area contributed by atoms with Crippen molar-refractivity contribution in [1.82, 2.24) is 19.7 Å². The molecule has 3 rings (SSSR count). The Morgan fingerprint density at radius 2 is 2.24 bits per heavy atom. The number of H-pyrrole nitrogens is 1. The van der Waals surface area contributed by atoms with Gasteiger partial charge in [0.2, 0.25) is 0 Å². The molecule has 3 aromatic rings. The molecule has 0 unspecified atom stereocenters. The van der Waals surface area contributed by atoms with Gasteiger partial charge in [0, 0.05) is 17.8 Å². The smallest absolute Gasteiger partial charge is 0.149 e. The normalized spacial score (nSPS) is 11.8. The number of nitriles is 1. The summed E-state index contributed by atoms with van der Waals surface area (Å²) < 4.78 is 1.90. The summed E-state index contributed by atoms with van der Waals surface area (Å²) in [5.74, 6) is 0.586. The first kappa shape index (κ1) is 13.1. The number of nitrogens with one attached hydrogen (secondary N) is 1. The highest BCUT2D eigenvalue weighted by molar-refractivity contribution is 5.90. The molecular weight excluding hydrogens is 262 g/mol. The first-order chi connectivity index (χ1) is 10.2. The lowest BCUT2D eigenvalue weighted by Crippen LogP contribution is -1.98. The number of nitrogens with zero attached hydrogens (tertiary/aromatic N) is 4. The fourth-order valence-corrected chi connectivity index (χ4v) is 2.31. The van der Waals surface area contributed by atoms with Crippen molar-refractivity contribution in [2.24, 2.45) is 0 Å². The van der Waals surface area contributed by atoms with E-state index in [2.05, 4.69) is 21.1 Å². The average molecular weight is 277 g/mol. The second-order valence-corrected chi connectivity index (χ2v) is 4.77. The van der Waals surface area contributed by atoms with Crippen LogP contribution in [0.15, 0.2) is 30.5 Å². The zero-order valence-electron chi connectivity index (χ0n) is 12.0. The number of aromatic amines is 1. The van der Waals surface area contributed by atoms with Crippen LogP contribution >= 0.6 is 0 Å². The second-order valence-electron chi connectivity index (χ2n) is 4.77. The van der Waals surface area contributed by atoms with Crippen LogP contribution in [0.1, 0.15) is 24.0 Å². The molecule has 2 heterocycles. The Kier molecular flexibility index (Phi) is 3.28. The van der Waals surface area contributed by atoms with E-state index in [1.165, 1.54) is 0 Å². The minimum absolute atomic E-state index is 0.505. The van der Waals surface area contributed by atoms with E-state index < -0.39 is 0 Å². The molecule has 0 saturated heterocycles. The van der Waals surface area contributed by atoms with E-state index in [0.717, 1.165) is 28.8 Å². The highest BCUT2D eigenvalue weighted by Crippen LogP contribution is 2.20. The van der Waals surface area contributed by atoms with Gasteiger partial charge in [-0.3, -0.25) is 4.68 Å². The lowest BCUT2D eigenvalue weighted by atomic mass is 10.1. The van der Waals surface area contributed by atoms with Crippen LogP contribution in [-0.4, -0.2) is 19.7 Å². The third-order valence-electron chi connectivity index (χ3n) is 3.51. The van der Waals surface area contributed by atoms with Gasteiger partial charge >= 0.3 is 0 Å². The van der Waals surface area contributed by atoms with Crippen molar-refractivity contribution in [3.8, 4) is 6.07 Å². The van der Waals surface area contributed by atoms with Gasteiger partial charge in [0.1, 0.15) is 11.9 Å². The van der Waals surface area contributed by atoms with Crippen molar-refractivity contribution in [2.45, 2.75) is 20.4 Å². The summed E-state index contributed by atoms with van der Waals surface area (Å²) in [5.41, 5.74) is 4.27. The molecule has 0 saturated carbocycles. The summed E-state index contributed by atoms with van der Waals surface area (Å²) >= 11 is 0. The summed E-state index contributed by atoms with van der Waals surface area (Å²) in [6, 6.07) is 9.95. The second kappa shape index (κ2) is 5.25. The Balaban J connectivity index is 2.07. The molecule has 0 aliphatic rings. The Labute approximate surface area is 122 Å². The van der Waals surface area contributed by atoms with Crippen molar-refractivity contribution in [3.63, 3.8) is 0 Å². The van der Waals surface area contributed by atoms with Gasteiger partial charge in [0.05, 0.1) is 22.8 Å². The molecule has 0 bridgehead atoms.